The maximum Gasteiger partial charge on any atom is 0.00425 e. The molecule has 0 aliphatic rings. The summed E-state index contributed by atoms with van der Waals surface area (Å²) >= 11 is 4.52. The van der Waals surface area contributed by atoms with Gasteiger partial charge in [-0.15, -0.1) is 0 Å². The summed E-state index contributed by atoms with van der Waals surface area (Å²) in [6.45, 7) is 9.28. The number of thiol groups is 1. The van der Waals surface area contributed by atoms with Gasteiger partial charge in [-0.1, -0.05) is 33.6 Å². The summed E-state index contributed by atoms with van der Waals surface area (Å²) in [6.07, 6.45) is 6.49. The molecule has 2 heteroatoms. The van der Waals surface area contributed by atoms with Crippen molar-refractivity contribution in [2.75, 3.05) is 25.9 Å². The molecular weight excluding hydrogens is 202 g/mol. The third-order valence-corrected chi connectivity index (χ3v) is 4.25. The van der Waals surface area contributed by atoms with E-state index in [1.54, 1.807) is 0 Å². The minimum Gasteiger partial charge on any atom is -0.306 e. The predicted octanol–water partition coefficient (Wildman–Crippen LogP) is 3.84. The van der Waals surface area contributed by atoms with Gasteiger partial charge >= 0.3 is 0 Å². The Balaban J connectivity index is 3.94. The highest BCUT2D eigenvalue weighted by atomic mass is 32.1. The summed E-state index contributed by atoms with van der Waals surface area (Å²) in [5, 5.41) is 0. The van der Waals surface area contributed by atoms with Crippen molar-refractivity contribution in [1.29, 1.82) is 0 Å². The highest BCUT2D eigenvalue weighted by molar-refractivity contribution is 7.80. The zero-order valence-electron chi connectivity index (χ0n) is 11.1. The molecule has 0 aliphatic carbocycles. The standard InChI is InChI=1S/C13H29NS/c1-5-8-9-10-14(4)11-13(6-2,7-3)12-15/h15H,5-12H2,1-4H3. The first-order valence-electron chi connectivity index (χ1n) is 6.43. The van der Waals surface area contributed by atoms with Gasteiger partial charge < -0.3 is 4.90 Å². The molecule has 1 nitrogen and oxygen atoms in total. The Hall–Kier alpha value is 0.310. The smallest absolute Gasteiger partial charge is 0.00425 e. The van der Waals surface area contributed by atoms with Gasteiger partial charge in [0.25, 0.3) is 0 Å². The van der Waals surface area contributed by atoms with E-state index >= 15 is 0 Å². The van der Waals surface area contributed by atoms with Crippen LogP contribution in [-0.2, 0) is 0 Å². The maximum atomic E-state index is 4.52. The molecule has 0 heterocycles. The predicted molar refractivity (Wildman–Crippen MR) is 73.9 cm³/mol. The van der Waals surface area contributed by atoms with E-state index in [4.69, 9.17) is 0 Å². The normalized spacial score (nSPS) is 12.4. The second-order valence-electron chi connectivity index (χ2n) is 4.81. The lowest BCUT2D eigenvalue weighted by molar-refractivity contribution is 0.182. The topological polar surface area (TPSA) is 3.24 Å². The van der Waals surface area contributed by atoms with Gasteiger partial charge in [0.15, 0.2) is 0 Å². The summed E-state index contributed by atoms with van der Waals surface area (Å²) < 4.78 is 0. The second kappa shape index (κ2) is 8.46. The molecule has 15 heavy (non-hydrogen) atoms. The second-order valence-corrected chi connectivity index (χ2v) is 5.13. The minimum atomic E-state index is 0.435. The van der Waals surface area contributed by atoms with Gasteiger partial charge in [0.05, 0.1) is 0 Å². The number of nitrogens with zero attached hydrogens (tertiary/aromatic N) is 1. The number of rotatable bonds is 9. The van der Waals surface area contributed by atoms with Crippen molar-refractivity contribution in [2.45, 2.75) is 52.9 Å². The Kier molecular flexibility index (Phi) is 8.64. The first kappa shape index (κ1) is 15.3. The molecule has 0 rings (SSSR count). The Morgan fingerprint density at radius 3 is 2.07 bits per heavy atom. The number of hydrogen-bond acceptors (Lipinski definition) is 2. The van der Waals surface area contributed by atoms with Crippen molar-refractivity contribution in [2.24, 2.45) is 5.41 Å². The molecule has 0 radical (unpaired) electrons. The molecule has 92 valence electrons. The fourth-order valence-electron chi connectivity index (χ4n) is 2.03. The van der Waals surface area contributed by atoms with Crippen LogP contribution >= 0.6 is 12.6 Å². The quantitative estimate of drug-likeness (QED) is 0.466. The average molecular weight is 231 g/mol. The molecule has 0 saturated carbocycles. The van der Waals surface area contributed by atoms with E-state index in [0.717, 1.165) is 5.75 Å². The van der Waals surface area contributed by atoms with Gasteiger partial charge in [-0.05, 0) is 44.0 Å². The van der Waals surface area contributed by atoms with Crippen molar-refractivity contribution in [3.8, 4) is 0 Å². The van der Waals surface area contributed by atoms with Crippen molar-refractivity contribution in [1.82, 2.24) is 4.90 Å². The van der Waals surface area contributed by atoms with Crippen molar-refractivity contribution < 1.29 is 0 Å². The van der Waals surface area contributed by atoms with E-state index in [-0.39, 0.29) is 0 Å². The molecule has 0 saturated heterocycles. The van der Waals surface area contributed by atoms with Crippen LogP contribution in [0, 0.1) is 5.41 Å². The molecule has 0 aromatic rings. The molecule has 0 N–H and O–H groups in total. The molecular formula is C13H29NS. The molecule has 0 atom stereocenters. The lowest BCUT2D eigenvalue weighted by Gasteiger charge is -2.34. The third kappa shape index (κ3) is 5.82. The van der Waals surface area contributed by atoms with Gasteiger partial charge in [-0.3, -0.25) is 0 Å². The molecule has 0 unspecified atom stereocenters. The number of unbranched alkanes of at least 4 members (excludes halogenated alkanes) is 2. The van der Waals surface area contributed by atoms with E-state index in [0.29, 0.717) is 5.41 Å². The van der Waals surface area contributed by atoms with E-state index in [1.165, 1.54) is 45.2 Å². The highest BCUT2D eigenvalue weighted by Crippen LogP contribution is 2.28. The van der Waals surface area contributed by atoms with Gasteiger partial charge in [0.2, 0.25) is 0 Å². The van der Waals surface area contributed by atoms with Crippen LogP contribution in [0.3, 0.4) is 0 Å². The maximum absolute atomic E-state index is 4.52. The van der Waals surface area contributed by atoms with Crippen molar-refractivity contribution >= 4 is 12.6 Å². The van der Waals surface area contributed by atoms with Crippen LogP contribution in [0.25, 0.3) is 0 Å². The molecule has 0 fully saturated rings. The lowest BCUT2D eigenvalue weighted by atomic mass is 9.84. The molecule has 0 aromatic heterocycles. The SMILES string of the molecule is CCCCCN(C)CC(CC)(CC)CS. The van der Waals surface area contributed by atoms with Crippen LogP contribution in [0.5, 0.6) is 0 Å². The number of hydrogen-bond donors (Lipinski definition) is 1. The van der Waals surface area contributed by atoms with E-state index in [1.807, 2.05) is 0 Å². The highest BCUT2D eigenvalue weighted by Gasteiger charge is 2.25. The Labute approximate surface area is 102 Å². The first-order valence-corrected chi connectivity index (χ1v) is 7.06. The Bertz CT molecular complexity index is 135. The first-order chi connectivity index (χ1) is 7.14. The van der Waals surface area contributed by atoms with Crippen LogP contribution in [0.1, 0.15) is 52.9 Å². The largest absolute Gasteiger partial charge is 0.306 e. The van der Waals surface area contributed by atoms with E-state index in [2.05, 4.69) is 45.3 Å². The lowest BCUT2D eigenvalue weighted by Crippen LogP contribution is -2.36. The monoisotopic (exact) mass is 231 g/mol. The van der Waals surface area contributed by atoms with Crippen molar-refractivity contribution in [3.05, 3.63) is 0 Å². The van der Waals surface area contributed by atoms with Crippen LogP contribution in [-0.4, -0.2) is 30.8 Å². The van der Waals surface area contributed by atoms with Crippen molar-refractivity contribution in [3.63, 3.8) is 0 Å². The molecule has 0 aromatic carbocycles. The van der Waals surface area contributed by atoms with Gasteiger partial charge in [0.1, 0.15) is 0 Å². The third-order valence-electron chi connectivity index (χ3n) is 3.58. The fourth-order valence-corrected chi connectivity index (χ4v) is 2.58. The summed E-state index contributed by atoms with van der Waals surface area (Å²) in [5.41, 5.74) is 0.435. The zero-order chi connectivity index (χ0) is 11.7. The summed E-state index contributed by atoms with van der Waals surface area (Å²) in [7, 11) is 2.25. The Morgan fingerprint density at radius 2 is 1.67 bits per heavy atom. The van der Waals surface area contributed by atoms with Gasteiger partial charge in [-0.2, -0.15) is 12.6 Å². The molecule has 0 spiro atoms. The van der Waals surface area contributed by atoms with Gasteiger partial charge in [0, 0.05) is 6.54 Å². The van der Waals surface area contributed by atoms with E-state index in [9.17, 15) is 0 Å². The summed E-state index contributed by atoms with van der Waals surface area (Å²) in [4.78, 5) is 2.48. The van der Waals surface area contributed by atoms with Crippen LogP contribution < -0.4 is 0 Å². The van der Waals surface area contributed by atoms with E-state index < -0.39 is 0 Å². The van der Waals surface area contributed by atoms with Crippen LogP contribution in [0.2, 0.25) is 0 Å². The minimum absolute atomic E-state index is 0.435. The molecule has 0 amide bonds. The Morgan fingerprint density at radius 1 is 1.07 bits per heavy atom. The molecule has 0 bridgehead atoms. The summed E-state index contributed by atoms with van der Waals surface area (Å²) in [6, 6.07) is 0. The zero-order valence-corrected chi connectivity index (χ0v) is 11.9. The van der Waals surface area contributed by atoms with Crippen LogP contribution in [0.15, 0.2) is 0 Å². The molecule has 0 aliphatic heterocycles. The summed E-state index contributed by atoms with van der Waals surface area (Å²) in [5.74, 6) is 1.01. The average Bonchev–Trinajstić information content (AvgIpc) is 2.26. The fraction of sp³-hybridized carbons (Fsp3) is 1.00. The van der Waals surface area contributed by atoms with Crippen LogP contribution in [0.4, 0.5) is 0 Å². The van der Waals surface area contributed by atoms with Gasteiger partial charge in [-0.25, -0.2) is 0 Å².